The summed E-state index contributed by atoms with van der Waals surface area (Å²) in [6, 6.07) is 0. The predicted molar refractivity (Wildman–Crippen MR) is 47.2 cm³/mol. The van der Waals surface area contributed by atoms with E-state index >= 15 is 0 Å². The number of likely N-dealkylation sites (N-methyl/N-ethyl adjacent to an activating group) is 1. The normalized spacial score (nSPS) is 13.0. The first-order valence-electron chi connectivity index (χ1n) is 4.14. The molecule has 0 rings (SSSR count). The minimum atomic E-state index is -0.748. The molecule has 0 heterocycles. The Morgan fingerprint density at radius 1 is 1.62 bits per heavy atom. The second-order valence-electron chi connectivity index (χ2n) is 2.92. The average molecular weight is 191 g/mol. The van der Waals surface area contributed by atoms with E-state index in [1.807, 2.05) is 0 Å². The van der Waals surface area contributed by atoms with Crippen molar-refractivity contribution in [1.29, 1.82) is 0 Å². The van der Waals surface area contributed by atoms with Gasteiger partial charge in [-0.2, -0.15) is 0 Å². The highest BCUT2D eigenvalue weighted by atomic mass is 16.5. The molecule has 0 spiro atoms. The second kappa shape index (κ2) is 6.82. The first kappa shape index (κ1) is 12.3. The van der Waals surface area contributed by atoms with Gasteiger partial charge in [0.1, 0.15) is 0 Å². The molecule has 1 unspecified atom stereocenters. The molecular weight excluding hydrogens is 174 g/mol. The third-order valence-electron chi connectivity index (χ3n) is 1.66. The predicted octanol–water partition coefficient (Wildman–Crippen LogP) is -1.17. The molecule has 0 aromatic heterocycles. The third-order valence-corrected chi connectivity index (χ3v) is 1.66. The van der Waals surface area contributed by atoms with Gasteiger partial charge in [0.15, 0.2) is 0 Å². The molecule has 1 atom stereocenters. The van der Waals surface area contributed by atoms with E-state index < -0.39 is 6.10 Å². The van der Waals surface area contributed by atoms with Gasteiger partial charge in [-0.3, -0.25) is 4.79 Å². The van der Waals surface area contributed by atoms with Crippen LogP contribution in [0.5, 0.6) is 0 Å². The summed E-state index contributed by atoms with van der Waals surface area (Å²) < 4.78 is 4.45. The summed E-state index contributed by atoms with van der Waals surface area (Å²) >= 11 is 0. The van der Waals surface area contributed by atoms with E-state index in [0.717, 1.165) is 0 Å². The van der Waals surface area contributed by atoms with Crippen LogP contribution in [0.1, 0.15) is 6.42 Å². The lowest BCUT2D eigenvalue weighted by molar-refractivity contribution is -0.141. The number of aliphatic hydroxyl groups is 2. The average Bonchev–Trinajstić information content (AvgIpc) is 2.13. The van der Waals surface area contributed by atoms with Crippen LogP contribution in [0.2, 0.25) is 0 Å². The Morgan fingerprint density at radius 2 is 2.23 bits per heavy atom. The Kier molecular flexibility index (Phi) is 6.48. The van der Waals surface area contributed by atoms with E-state index in [2.05, 4.69) is 4.74 Å². The highest BCUT2D eigenvalue weighted by Gasteiger charge is 2.08. The fraction of sp³-hybridized carbons (Fsp3) is 0.875. The highest BCUT2D eigenvalue weighted by Crippen LogP contribution is 1.92. The van der Waals surface area contributed by atoms with Gasteiger partial charge in [-0.1, -0.05) is 0 Å². The van der Waals surface area contributed by atoms with Crippen molar-refractivity contribution in [1.82, 2.24) is 4.90 Å². The molecule has 78 valence electrons. The molecule has 0 aromatic rings. The van der Waals surface area contributed by atoms with Gasteiger partial charge in [0.05, 0.1) is 26.2 Å². The van der Waals surface area contributed by atoms with Gasteiger partial charge < -0.3 is 19.8 Å². The summed E-state index contributed by atoms with van der Waals surface area (Å²) in [5, 5.41) is 17.6. The zero-order valence-corrected chi connectivity index (χ0v) is 8.06. The summed E-state index contributed by atoms with van der Waals surface area (Å²) in [5.74, 6) is -0.273. The van der Waals surface area contributed by atoms with Gasteiger partial charge in [-0.25, -0.2) is 0 Å². The van der Waals surface area contributed by atoms with Gasteiger partial charge in [-0.15, -0.1) is 0 Å². The van der Waals surface area contributed by atoms with Crippen molar-refractivity contribution >= 4 is 5.97 Å². The van der Waals surface area contributed by atoms with Crippen LogP contribution in [0.3, 0.4) is 0 Å². The van der Waals surface area contributed by atoms with Crippen LogP contribution < -0.4 is 0 Å². The van der Waals surface area contributed by atoms with Crippen LogP contribution in [0.15, 0.2) is 0 Å². The van der Waals surface area contributed by atoms with Crippen molar-refractivity contribution in [2.24, 2.45) is 0 Å². The molecule has 0 aliphatic heterocycles. The molecular formula is C8H17NO4. The van der Waals surface area contributed by atoms with E-state index in [1.165, 1.54) is 7.11 Å². The minimum absolute atomic E-state index is 0.261. The molecule has 0 saturated heterocycles. The highest BCUT2D eigenvalue weighted by molar-refractivity contribution is 5.69. The van der Waals surface area contributed by atoms with Crippen molar-refractivity contribution in [3.63, 3.8) is 0 Å². The van der Waals surface area contributed by atoms with Crippen molar-refractivity contribution in [2.45, 2.75) is 12.5 Å². The maximum atomic E-state index is 10.7. The number of carbonyl (C=O) groups excluding carboxylic acids is 1. The number of carbonyl (C=O) groups is 1. The van der Waals surface area contributed by atoms with Crippen LogP contribution in [0.4, 0.5) is 0 Å². The van der Waals surface area contributed by atoms with Crippen LogP contribution in [0.25, 0.3) is 0 Å². The van der Waals surface area contributed by atoms with Gasteiger partial charge >= 0.3 is 5.97 Å². The van der Waals surface area contributed by atoms with Crippen LogP contribution in [0, 0.1) is 0 Å². The molecule has 0 saturated carbocycles. The monoisotopic (exact) mass is 191 g/mol. The van der Waals surface area contributed by atoms with E-state index in [1.54, 1.807) is 11.9 Å². The molecule has 2 N–H and O–H groups in total. The molecule has 0 aromatic carbocycles. The van der Waals surface area contributed by atoms with E-state index in [9.17, 15) is 4.79 Å². The van der Waals surface area contributed by atoms with Crippen molar-refractivity contribution in [3.8, 4) is 0 Å². The molecule has 0 bridgehead atoms. The zero-order chi connectivity index (χ0) is 10.3. The number of aliphatic hydroxyl groups excluding tert-OH is 2. The molecule has 0 aliphatic carbocycles. The quantitative estimate of drug-likeness (QED) is 0.518. The maximum absolute atomic E-state index is 10.7. The van der Waals surface area contributed by atoms with Crippen LogP contribution >= 0.6 is 0 Å². The van der Waals surface area contributed by atoms with E-state index in [4.69, 9.17) is 10.2 Å². The number of esters is 1. The third kappa shape index (κ3) is 6.51. The molecule has 5 nitrogen and oxygen atoms in total. The number of hydrogen-bond acceptors (Lipinski definition) is 5. The van der Waals surface area contributed by atoms with Crippen molar-refractivity contribution in [2.75, 3.05) is 33.9 Å². The topological polar surface area (TPSA) is 70.0 Å². The number of nitrogens with zero attached hydrogens (tertiary/aromatic N) is 1. The lowest BCUT2D eigenvalue weighted by Crippen LogP contribution is -2.32. The Bertz CT molecular complexity index is 151. The van der Waals surface area contributed by atoms with Crippen molar-refractivity contribution < 1.29 is 19.7 Å². The lowest BCUT2D eigenvalue weighted by atomic mass is 10.3. The summed E-state index contributed by atoms with van der Waals surface area (Å²) in [6.07, 6.45) is -0.451. The van der Waals surface area contributed by atoms with E-state index in [0.29, 0.717) is 19.5 Å². The molecule has 0 aliphatic rings. The molecule has 0 fully saturated rings. The zero-order valence-electron chi connectivity index (χ0n) is 8.06. The fourth-order valence-electron chi connectivity index (χ4n) is 0.893. The standard InChI is InChI=1S/C8H17NO4/c1-9(5-7(11)6-10)4-3-8(12)13-2/h7,10-11H,3-6H2,1-2H3. The smallest absolute Gasteiger partial charge is 0.306 e. The number of hydrogen-bond donors (Lipinski definition) is 2. The maximum Gasteiger partial charge on any atom is 0.306 e. The Labute approximate surface area is 77.9 Å². The SMILES string of the molecule is COC(=O)CCN(C)CC(O)CO. The minimum Gasteiger partial charge on any atom is -0.469 e. The first-order chi connectivity index (χ1) is 6.10. The van der Waals surface area contributed by atoms with Crippen molar-refractivity contribution in [3.05, 3.63) is 0 Å². The van der Waals surface area contributed by atoms with Gasteiger partial charge in [0, 0.05) is 13.1 Å². The van der Waals surface area contributed by atoms with Crippen LogP contribution in [-0.4, -0.2) is 61.0 Å². The molecule has 13 heavy (non-hydrogen) atoms. The summed E-state index contributed by atoms with van der Waals surface area (Å²) in [6.45, 7) is 0.611. The van der Waals surface area contributed by atoms with Crippen LogP contribution in [-0.2, 0) is 9.53 Å². The van der Waals surface area contributed by atoms with Gasteiger partial charge in [-0.05, 0) is 7.05 Å². The number of rotatable bonds is 6. The second-order valence-corrected chi connectivity index (χ2v) is 2.92. The molecule has 0 amide bonds. The Balaban J connectivity index is 3.50. The number of methoxy groups -OCH3 is 1. The summed E-state index contributed by atoms with van der Waals surface area (Å²) in [5.41, 5.74) is 0. The largest absolute Gasteiger partial charge is 0.469 e. The lowest BCUT2D eigenvalue weighted by Gasteiger charge is -2.18. The molecule has 5 heteroatoms. The molecule has 0 radical (unpaired) electrons. The fourth-order valence-corrected chi connectivity index (χ4v) is 0.893. The van der Waals surface area contributed by atoms with Gasteiger partial charge in [0.25, 0.3) is 0 Å². The Hall–Kier alpha value is -0.650. The van der Waals surface area contributed by atoms with E-state index in [-0.39, 0.29) is 12.6 Å². The van der Waals surface area contributed by atoms with Gasteiger partial charge in [0.2, 0.25) is 0 Å². The Morgan fingerprint density at radius 3 is 2.69 bits per heavy atom. The number of ether oxygens (including phenoxy) is 1. The summed E-state index contributed by atoms with van der Waals surface area (Å²) in [7, 11) is 3.10. The summed E-state index contributed by atoms with van der Waals surface area (Å²) in [4.78, 5) is 12.5. The first-order valence-corrected chi connectivity index (χ1v) is 4.14.